The molecule has 224 valence electrons. The van der Waals surface area contributed by atoms with Gasteiger partial charge in [0, 0.05) is 37.5 Å². The largest absolute Gasteiger partial charge is 0.476 e. The van der Waals surface area contributed by atoms with E-state index >= 15 is 0 Å². The van der Waals surface area contributed by atoms with Gasteiger partial charge in [-0.2, -0.15) is 0 Å². The fourth-order valence-corrected chi connectivity index (χ4v) is 6.88. The molecule has 2 bridgehead atoms. The summed E-state index contributed by atoms with van der Waals surface area (Å²) in [5.74, 6) is -1.57. The molecule has 0 radical (unpaired) electrons. The van der Waals surface area contributed by atoms with Crippen molar-refractivity contribution >= 4 is 35.2 Å². The van der Waals surface area contributed by atoms with E-state index in [0.29, 0.717) is 24.0 Å². The lowest BCUT2D eigenvalue weighted by Gasteiger charge is -2.38. The highest BCUT2D eigenvalue weighted by atomic mass is 32.1. The Hall–Kier alpha value is -2.73. The Labute approximate surface area is 241 Å². The van der Waals surface area contributed by atoms with Crippen LogP contribution in [0.1, 0.15) is 94.7 Å². The van der Waals surface area contributed by atoms with Crippen molar-refractivity contribution in [3.05, 3.63) is 16.1 Å². The second kappa shape index (κ2) is 13.3. The van der Waals surface area contributed by atoms with Gasteiger partial charge in [0.25, 0.3) is 0 Å². The highest BCUT2D eigenvalue weighted by Crippen LogP contribution is 2.45. The number of carbonyl (C=O) groups excluding carboxylic acids is 3. The van der Waals surface area contributed by atoms with Gasteiger partial charge < -0.3 is 25.4 Å². The molecule has 40 heavy (non-hydrogen) atoms. The summed E-state index contributed by atoms with van der Waals surface area (Å²) in [4.78, 5) is 59.5. The summed E-state index contributed by atoms with van der Waals surface area (Å²) in [7, 11) is 3.72. The topological polar surface area (TPSA) is 141 Å². The summed E-state index contributed by atoms with van der Waals surface area (Å²) in [6.07, 6.45) is 3.03. The molecular weight excluding hydrogens is 534 g/mol. The molecule has 12 heteroatoms. The molecule has 0 aromatic carbocycles. The maximum atomic E-state index is 14.0. The first-order chi connectivity index (χ1) is 18.9. The Morgan fingerprint density at radius 2 is 1.88 bits per heavy atom. The number of aromatic carboxylic acids is 1. The van der Waals surface area contributed by atoms with Gasteiger partial charge in [-0.05, 0) is 51.5 Å². The van der Waals surface area contributed by atoms with Gasteiger partial charge in [-0.3, -0.25) is 14.5 Å². The van der Waals surface area contributed by atoms with Crippen molar-refractivity contribution in [1.29, 1.82) is 0 Å². The van der Waals surface area contributed by atoms with Gasteiger partial charge in [-0.1, -0.05) is 34.1 Å². The number of likely N-dealkylation sites (N-methyl/N-ethyl adjacent to an activating group) is 2. The predicted molar refractivity (Wildman–Crippen MR) is 152 cm³/mol. The van der Waals surface area contributed by atoms with Gasteiger partial charge in [-0.25, -0.2) is 14.6 Å². The highest BCUT2D eigenvalue weighted by molar-refractivity contribution is 7.09. The molecular formula is C28H45N5O6S. The molecule has 1 aromatic heterocycles. The molecule has 1 aromatic rings. The Balaban J connectivity index is 1.84. The number of hydrogen-bond acceptors (Lipinski definition) is 8. The average Bonchev–Trinajstić information content (AvgIpc) is 3.62. The van der Waals surface area contributed by atoms with E-state index in [1.807, 2.05) is 34.7 Å². The summed E-state index contributed by atoms with van der Waals surface area (Å²) in [6.45, 7) is 10.1. The van der Waals surface area contributed by atoms with E-state index in [1.165, 1.54) is 5.38 Å². The smallest absolute Gasteiger partial charge is 0.407 e. The molecule has 11 nitrogen and oxygen atoms in total. The van der Waals surface area contributed by atoms with Gasteiger partial charge in [0.15, 0.2) is 11.8 Å². The van der Waals surface area contributed by atoms with E-state index in [2.05, 4.69) is 20.5 Å². The van der Waals surface area contributed by atoms with Crippen molar-refractivity contribution in [1.82, 2.24) is 25.4 Å². The first-order valence-electron chi connectivity index (χ1n) is 14.3. The fraction of sp³-hybridized carbons (Fsp3) is 0.750. The molecule has 0 aliphatic carbocycles. The molecule has 2 aliphatic heterocycles. The fourth-order valence-electron chi connectivity index (χ4n) is 6.04. The normalized spacial score (nSPS) is 23.4. The molecule has 0 spiro atoms. The number of amides is 3. The zero-order valence-corrected chi connectivity index (χ0v) is 25.5. The zero-order chi connectivity index (χ0) is 29.8. The van der Waals surface area contributed by atoms with Gasteiger partial charge in [0.1, 0.15) is 16.6 Å². The number of ether oxygens (including phenoxy) is 1. The first kappa shape index (κ1) is 31.8. The maximum absolute atomic E-state index is 14.0. The van der Waals surface area contributed by atoms with Crippen molar-refractivity contribution in [2.24, 2.45) is 11.8 Å². The molecule has 3 N–H and O–H groups in total. The number of alkyl carbamates (subject to hydrolysis) is 1. The number of carboxylic acids is 1. The minimum absolute atomic E-state index is 0.0309. The van der Waals surface area contributed by atoms with Crippen molar-refractivity contribution in [3.8, 4) is 0 Å². The summed E-state index contributed by atoms with van der Waals surface area (Å²) < 4.78 is 5.68. The highest BCUT2D eigenvalue weighted by Gasteiger charge is 2.55. The van der Waals surface area contributed by atoms with E-state index in [0.717, 1.165) is 37.0 Å². The Kier molecular flexibility index (Phi) is 10.6. The van der Waals surface area contributed by atoms with Gasteiger partial charge in [0.2, 0.25) is 11.8 Å². The molecule has 3 amide bonds. The zero-order valence-electron chi connectivity index (χ0n) is 24.7. The molecule has 2 saturated heterocycles. The van der Waals surface area contributed by atoms with E-state index in [-0.39, 0.29) is 41.8 Å². The van der Waals surface area contributed by atoms with Crippen LogP contribution in [0.3, 0.4) is 0 Å². The minimum atomic E-state index is -1.17. The van der Waals surface area contributed by atoms with Crippen molar-refractivity contribution < 1.29 is 29.0 Å². The number of carboxylic acid groups (broad SMARTS) is 1. The number of hydrogen-bond donors (Lipinski definition) is 3. The Morgan fingerprint density at radius 3 is 2.35 bits per heavy atom. The third-order valence-corrected chi connectivity index (χ3v) is 9.79. The van der Waals surface area contributed by atoms with Crippen LogP contribution >= 0.6 is 11.3 Å². The summed E-state index contributed by atoms with van der Waals surface area (Å²) in [6, 6.07) is -0.658. The van der Waals surface area contributed by atoms with Crippen LogP contribution in [-0.2, 0) is 14.3 Å². The van der Waals surface area contributed by atoms with Crippen LogP contribution in [0, 0.1) is 11.8 Å². The van der Waals surface area contributed by atoms with Crippen LogP contribution < -0.4 is 10.6 Å². The minimum Gasteiger partial charge on any atom is -0.476 e. The second-order valence-electron chi connectivity index (χ2n) is 11.5. The third kappa shape index (κ3) is 6.59. The van der Waals surface area contributed by atoms with Crippen LogP contribution in [0.4, 0.5) is 4.79 Å². The second-order valence-corrected chi connectivity index (χ2v) is 12.4. The third-order valence-electron chi connectivity index (χ3n) is 8.85. The maximum Gasteiger partial charge on any atom is 0.407 e. The quantitative estimate of drug-likeness (QED) is 0.322. The number of nitrogens with zero attached hydrogens (tertiary/aromatic N) is 3. The number of carbonyl (C=O) groups is 4. The van der Waals surface area contributed by atoms with Crippen LogP contribution in [-0.4, -0.2) is 88.1 Å². The Bertz CT molecular complexity index is 1070. The van der Waals surface area contributed by atoms with E-state index in [4.69, 9.17) is 4.74 Å². The van der Waals surface area contributed by atoms with Crippen LogP contribution in [0.15, 0.2) is 5.38 Å². The lowest BCUT2D eigenvalue weighted by atomic mass is 9.86. The number of nitrogens with one attached hydrogen (secondary N) is 2. The number of thiazole rings is 1. The van der Waals surface area contributed by atoms with Gasteiger partial charge >= 0.3 is 12.1 Å². The molecule has 3 heterocycles. The molecule has 4 unspecified atom stereocenters. The molecule has 2 fully saturated rings. The summed E-state index contributed by atoms with van der Waals surface area (Å²) >= 11 is 1.10. The Morgan fingerprint density at radius 1 is 1.23 bits per heavy atom. The van der Waals surface area contributed by atoms with Crippen LogP contribution in [0.25, 0.3) is 0 Å². The standard InChI is InChI=1S/C28H45N5O6S/c1-8-17(5)22(31-26(37)28-12-10-18(11-13-28)33(28)7)24(34)32(6)20(16(3)4)14-21(39-27(38)29-9-2)23-30-19(15-40-23)25(35)36/h15-18,20-22H,8-14H2,1-7H3,(H,29,38)(H,31,37)(H,35,36). The molecule has 0 saturated carbocycles. The van der Waals surface area contributed by atoms with E-state index in [9.17, 15) is 24.3 Å². The van der Waals surface area contributed by atoms with Crippen molar-refractivity contribution in [2.45, 2.75) is 103 Å². The molecule has 2 aliphatic rings. The average molecular weight is 580 g/mol. The molecule has 3 rings (SSSR count). The number of fused-ring (bicyclic) bond motifs is 2. The van der Waals surface area contributed by atoms with E-state index < -0.39 is 29.7 Å². The van der Waals surface area contributed by atoms with Gasteiger partial charge in [-0.15, -0.1) is 11.3 Å². The lowest BCUT2D eigenvalue weighted by Crippen LogP contribution is -2.60. The predicted octanol–water partition coefficient (Wildman–Crippen LogP) is 3.66. The van der Waals surface area contributed by atoms with Crippen LogP contribution in [0.2, 0.25) is 0 Å². The molecule has 4 atom stereocenters. The van der Waals surface area contributed by atoms with Crippen LogP contribution in [0.5, 0.6) is 0 Å². The first-order valence-corrected chi connectivity index (χ1v) is 15.2. The van der Waals surface area contributed by atoms with Crippen molar-refractivity contribution in [2.75, 3.05) is 20.6 Å². The monoisotopic (exact) mass is 579 g/mol. The number of rotatable bonds is 13. The lowest BCUT2D eigenvalue weighted by molar-refractivity contribution is -0.142. The van der Waals surface area contributed by atoms with Crippen molar-refractivity contribution in [3.63, 3.8) is 0 Å². The van der Waals surface area contributed by atoms with E-state index in [1.54, 1.807) is 18.9 Å². The summed E-state index contributed by atoms with van der Waals surface area (Å²) in [5.41, 5.74) is -0.676. The number of aromatic nitrogens is 1. The summed E-state index contributed by atoms with van der Waals surface area (Å²) in [5, 5.41) is 16.9. The van der Waals surface area contributed by atoms with Gasteiger partial charge in [0.05, 0.1) is 0 Å². The SMILES string of the molecule is CCNC(=O)OC(CC(C(C)C)N(C)C(=O)C(NC(=O)C12CCC(CC1)N2C)C(C)CC)c1nc(C(=O)O)cs1.